The minimum Gasteiger partial charge on any atom is -0.353 e. The first-order valence-electron chi connectivity index (χ1n) is 3.58. The lowest BCUT2D eigenvalue weighted by molar-refractivity contribution is -0.126. The quantitative estimate of drug-likeness (QED) is 0.507. The maximum atomic E-state index is 10.9. The van der Waals surface area contributed by atoms with Crippen LogP contribution in [0.5, 0.6) is 0 Å². The third-order valence-corrected chi connectivity index (χ3v) is 2.23. The molecule has 2 bridgehead atoms. The molecule has 0 radical (unpaired) electrons. The van der Waals surface area contributed by atoms with Crippen LogP contribution in [0.3, 0.4) is 0 Å². The van der Waals surface area contributed by atoms with Gasteiger partial charge in [0, 0.05) is 24.8 Å². The van der Waals surface area contributed by atoms with E-state index in [0.29, 0.717) is 12.8 Å². The minimum atomic E-state index is 0.00579. The Kier molecular flexibility index (Phi) is 1.07. The van der Waals surface area contributed by atoms with Gasteiger partial charge in [0.25, 0.3) is 0 Å². The molecule has 0 aromatic heterocycles. The molecule has 3 nitrogen and oxygen atoms in total. The predicted molar refractivity (Wildman–Crippen MR) is 34.3 cm³/mol. The average Bonchev–Trinajstić information content (AvgIpc) is 2.07. The van der Waals surface area contributed by atoms with Crippen LogP contribution < -0.4 is 5.32 Å². The van der Waals surface area contributed by atoms with Gasteiger partial charge in [-0.25, -0.2) is 0 Å². The zero-order chi connectivity index (χ0) is 7.14. The Labute approximate surface area is 58.8 Å². The number of hydrogen-bond donors (Lipinski definition) is 1. The predicted octanol–water partition coefficient (Wildman–Crippen LogP) is -0.146. The van der Waals surface area contributed by atoms with Gasteiger partial charge in [0.05, 0.1) is 0 Å². The van der Waals surface area contributed by atoms with Crippen molar-refractivity contribution < 1.29 is 9.59 Å². The molecule has 2 fully saturated rings. The molecule has 2 aliphatic rings. The summed E-state index contributed by atoms with van der Waals surface area (Å²) in [6, 6.07) is 0.166. The van der Waals surface area contributed by atoms with E-state index in [2.05, 4.69) is 5.32 Å². The van der Waals surface area contributed by atoms with E-state index in [1.165, 1.54) is 0 Å². The summed E-state index contributed by atoms with van der Waals surface area (Å²) in [5.74, 6) is 0.321. The van der Waals surface area contributed by atoms with E-state index >= 15 is 0 Å². The van der Waals surface area contributed by atoms with Gasteiger partial charge in [0.2, 0.25) is 5.91 Å². The van der Waals surface area contributed by atoms with Gasteiger partial charge in [-0.3, -0.25) is 9.59 Å². The zero-order valence-corrected chi connectivity index (χ0v) is 5.59. The van der Waals surface area contributed by atoms with Crippen molar-refractivity contribution in [1.82, 2.24) is 5.32 Å². The van der Waals surface area contributed by atoms with Gasteiger partial charge >= 0.3 is 0 Å². The third-order valence-electron chi connectivity index (χ3n) is 2.23. The van der Waals surface area contributed by atoms with Crippen LogP contribution >= 0.6 is 0 Å². The van der Waals surface area contributed by atoms with Crippen molar-refractivity contribution in [3.63, 3.8) is 0 Å². The highest BCUT2D eigenvalue weighted by molar-refractivity contribution is 5.92. The van der Waals surface area contributed by atoms with Crippen molar-refractivity contribution in [3.8, 4) is 0 Å². The standard InChI is InChI=1S/C7H9NO2/c9-6-2-4-1-5(3-6)8-7(4)10/h4-5H,1-3H2,(H,8,10). The fourth-order valence-electron chi connectivity index (χ4n) is 1.77. The molecule has 1 aliphatic carbocycles. The second-order valence-electron chi connectivity index (χ2n) is 3.09. The summed E-state index contributed by atoms with van der Waals surface area (Å²) in [5.41, 5.74) is 0. The first-order chi connectivity index (χ1) is 4.75. The lowest BCUT2D eigenvalue weighted by atomic mass is 9.89. The van der Waals surface area contributed by atoms with E-state index in [9.17, 15) is 9.59 Å². The topological polar surface area (TPSA) is 46.2 Å². The third kappa shape index (κ3) is 0.735. The maximum Gasteiger partial charge on any atom is 0.223 e. The second kappa shape index (κ2) is 1.81. The number of carbonyl (C=O) groups excluding carboxylic acids is 2. The van der Waals surface area contributed by atoms with E-state index < -0.39 is 0 Å². The number of Topliss-reactive ketones (excluding diaryl/α,β-unsaturated/α-hetero) is 1. The molecule has 1 heterocycles. The van der Waals surface area contributed by atoms with Crippen molar-refractivity contribution in [2.45, 2.75) is 25.3 Å². The van der Waals surface area contributed by atoms with Gasteiger partial charge in [0.1, 0.15) is 5.78 Å². The molecule has 0 aromatic rings. The zero-order valence-electron chi connectivity index (χ0n) is 5.59. The Morgan fingerprint density at radius 2 is 2.10 bits per heavy atom. The molecular weight excluding hydrogens is 130 g/mol. The first kappa shape index (κ1) is 5.89. The van der Waals surface area contributed by atoms with Crippen LogP contribution in [0.25, 0.3) is 0 Å². The molecule has 2 rings (SSSR count). The molecule has 0 aromatic carbocycles. The van der Waals surface area contributed by atoms with Crippen molar-refractivity contribution in [1.29, 1.82) is 0 Å². The van der Waals surface area contributed by atoms with Crippen LogP contribution in [0.2, 0.25) is 0 Å². The summed E-state index contributed by atoms with van der Waals surface area (Å²) < 4.78 is 0. The molecule has 1 saturated heterocycles. The smallest absolute Gasteiger partial charge is 0.223 e. The van der Waals surface area contributed by atoms with Crippen molar-refractivity contribution in [2.24, 2.45) is 5.92 Å². The molecular formula is C7H9NO2. The van der Waals surface area contributed by atoms with Gasteiger partial charge in [-0.1, -0.05) is 0 Å². The van der Waals surface area contributed by atoms with E-state index in [1.54, 1.807) is 0 Å². The molecule has 1 N–H and O–H groups in total. The van der Waals surface area contributed by atoms with Crippen LogP contribution in [0.4, 0.5) is 0 Å². The maximum absolute atomic E-state index is 10.9. The number of amides is 1. The molecule has 10 heavy (non-hydrogen) atoms. The van der Waals surface area contributed by atoms with E-state index in [0.717, 1.165) is 6.42 Å². The number of nitrogens with one attached hydrogen (secondary N) is 1. The lowest BCUT2D eigenvalue weighted by Gasteiger charge is -2.13. The molecule has 1 amide bonds. The van der Waals surface area contributed by atoms with Gasteiger partial charge in [-0.2, -0.15) is 0 Å². The van der Waals surface area contributed by atoms with Gasteiger partial charge in [-0.05, 0) is 6.42 Å². The summed E-state index contributed by atoms with van der Waals surface area (Å²) >= 11 is 0. The van der Waals surface area contributed by atoms with Gasteiger partial charge in [-0.15, -0.1) is 0 Å². The van der Waals surface area contributed by atoms with E-state index in [4.69, 9.17) is 0 Å². The lowest BCUT2D eigenvalue weighted by Crippen LogP contribution is -2.26. The Balaban J connectivity index is 2.20. The molecule has 54 valence electrons. The Morgan fingerprint density at radius 3 is 2.80 bits per heavy atom. The summed E-state index contributed by atoms with van der Waals surface area (Å²) in [6.07, 6.45) is 1.91. The highest BCUT2D eigenvalue weighted by atomic mass is 16.2. The highest BCUT2D eigenvalue weighted by Crippen LogP contribution is 2.27. The molecule has 3 heteroatoms. The number of rotatable bonds is 0. The average molecular weight is 139 g/mol. The first-order valence-corrected chi connectivity index (χ1v) is 3.58. The van der Waals surface area contributed by atoms with Crippen molar-refractivity contribution in [2.75, 3.05) is 0 Å². The van der Waals surface area contributed by atoms with Crippen molar-refractivity contribution >= 4 is 11.7 Å². The second-order valence-corrected chi connectivity index (χ2v) is 3.09. The molecule has 1 saturated carbocycles. The highest BCUT2D eigenvalue weighted by Gasteiger charge is 2.38. The van der Waals surface area contributed by atoms with Crippen LogP contribution in [-0.4, -0.2) is 17.7 Å². The summed E-state index contributed by atoms with van der Waals surface area (Å²) in [4.78, 5) is 21.8. The van der Waals surface area contributed by atoms with Crippen LogP contribution in [-0.2, 0) is 9.59 Å². The summed E-state index contributed by atoms with van der Waals surface area (Å²) in [6.45, 7) is 0. The molecule has 0 spiro atoms. The van der Waals surface area contributed by atoms with Gasteiger partial charge < -0.3 is 5.32 Å². The van der Waals surface area contributed by atoms with E-state index in [-0.39, 0.29) is 23.7 Å². The largest absolute Gasteiger partial charge is 0.353 e. The summed E-state index contributed by atoms with van der Waals surface area (Å²) in [7, 11) is 0. The normalized spacial score (nSPS) is 38.0. The fourth-order valence-corrected chi connectivity index (χ4v) is 1.77. The number of hydrogen-bond acceptors (Lipinski definition) is 2. The Bertz CT molecular complexity index is 198. The number of ketones is 1. The van der Waals surface area contributed by atoms with Crippen molar-refractivity contribution in [3.05, 3.63) is 0 Å². The monoisotopic (exact) mass is 139 g/mol. The van der Waals surface area contributed by atoms with Crippen LogP contribution in [0.1, 0.15) is 19.3 Å². The van der Waals surface area contributed by atoms with Crippen LogP contribution in [0.15, 0.2) is 0 Å². The van der Waals surface area contributed by atoms with Gasteiger partial charge in [0.15, 0.2) is 0 Å². The number of carbonyl (C=O) groups is 2. The minimum absolute atomic E-state index is 0.00579. The molecule has 1 aliphatic heterocycles. The summed E-state index contributed by atoms with van der Waals surface area (Å²) in [5, 5.41) is 2.79. The Hall–Kier alpha value is -0.860. The SMILES string of the molecule is O=C1CC2CC(C1)C(=O)N2. The van der Waals surface area contributed by atoms with Crippen LogP contribution in [0, 0.1) is 5.92 Å². The fraction of sp³-hybridized carbons (Fsp3) is 0.714. The Morgan fingerprint density at radius 1 is 1.30 bits per heavy atom. The van der Waals surface area contributed by atoms with E-state index in [1.807, 2.05) is 0 Å². The molecule has 2 unspecified atom stereocenters. The number of fused-ring (bicyclic) bond motifs is 2. The molecule has 2 atom stereocenters.